The van der Waals surface area contributed by atoms with E-state index in [0.29, 0.717) is 18.6 Å². The van der Waals surface area contributed by atoms with Crippen LogP contribution in [0.3, 0.4) is 0 Å². The number of rotatable bonds is 5. The molecule has 2 aliphatic heterocycles. The average Bonchev–Trinajstić information content (AvgIpc) is 3.21. The summed E-state index contributed by atoms with van der Waals surface area (Å²) in [6.07, 6.45) is 13.1. The lowest BCUT2D eigenvalue weighted by Crippen LogP contribution is -2.55. The van der Waals surface area contributed by atoms with Crippen LogP contribution in [0.25, 0.3) is 0 Å². The predicted molar refractivity (Wildman–Crippen MR) is 103 cm³/mol. The van der Waals surface area contributed by atoms with Crippen molar-refractivity contribution in [2.24, 2.45) is 5.41 Å². The van der Waals surface area contributed by atoms with Gasteiger partial charge in [-0.3, -0.25) is 9.69 Å². The lowest BCUT2D eigenvalue weighted by atomic mass is 9.73. The van der Waals surface area contributed by atoms with Crippen molar-refractivity contribution in [3.8, 4) is 0 Å². The summed E-state index contributed by atoms with van der Waals surface area (Å²) < 4.78 is 5.09. The van der Waals surface area contributed by atoms with Crippen LogP contribution in [-0.4, -0.2) is 58.5 Å². The molecule has 2 saturated heterocycles. The van der Waals surface area contributed by atoms with Crippen molar-refractivity contribution in [3.63, 3.8) is 0 Å². The zero-order valence-electron chi connectivity index (χ0n) is 16.5. The number of likely N-dealkylation sites (tertiary alicyclic amines) is 2. The fourth-order valence-corrected chi connectivity index (χ4v) is 5.30. The Labute approximate surface area is 162 Å². The van der Waals surface area contributed by atoms with Gasteiger partial charge in [-0.1, -0.05) is 12.8 Å². The first-order valence-electron chi connectivity index (χ1n) is 10.5. The molecule has 6 heteroatoms. The van der Waals surface area contributed by atoms with Crippen LogP contribution in [0.5, 0.6) is 0 Å². The van der Waals surface area contributed by atoms with E-state index in [1.54, 1.807) is 7.11 Å². The Morgan fingerprint density at radius 3 is 2.67 bits per heavy atom. The van der Waals surface area contributed by atoms with E-state index in [-0.39, 0.29) is 5.41 Å². The van der Waals surface area contributed by atoms with Crippen LogP contribution in [0.2, 0.25) is 0 Å². The molecule has 0 bridgehead atoms. The molecule has 3 aliphatic rings. The number of aromatic nitrogens is 2. The first kappa shape index (κ1) is 18.8. The summed E-state index contributed by atoms with van der Waals surface area (Å²) in [5.74, 6) is 1.13. The molecule has 1 aliphatic carbocycles. The van der Waals surface area contributed by atoms with Crippen LogP contribution in [0.1, 0.15) is 62.8 Å². The van der Waals surface area contributed by atoms with Gasteiger partial charge in [0.15, 0.2) is 5.82 Å². The van der Waals surface area contributed by atoms with Crippen LogP contribution in [-0.2, 0) is 22.7 Å². The molecule has 0 N–H and O–H groups in total. The third kappa shape index (κ3) is 4.32. The van der Waals surface area contributed by atoms with Crippen molar-refractivity contribution >= 4 is 5.91 Å². The minimum absolute atomic E-state index is 0.283. The van der Waals surface area contributed by atoms with Crippen molar-refractivity contribution < 1.29 is 9.53 Å². The first-order valence-corrected chi connectivity index (χ1v) is 10.5. The van der Waals surface area contributed by atoms with Crippen molar-refractivity contribution in [2.75, 3.05) is 26.7 Å². The number of ether oxygens (including phenoxy) is 1. The maximum Gasteiger partial charge on any atom is 0.222 e. The molecule has 1 atom stereocenters. The Kier molecular flexibility index (Phi) is 5.74. The fourth-order valence-electron chi connectivity index (χ4n) is 5.30. The molecular weight excluding hydrogens is 340 g/mol. The van der Waals surface area contributed by atoms with E-state index in [1.807, 2.05) is 12.4 Å². The van der Waals surface area contributed by atoms with Crippen LogP contribution < -0.4 is 0 Å². The predicted octanol–water partition coefficient (Wildman–Crippen LogP) is 2.77. The minimum atomic E-state index is 0.283. The van der Waals surface area contributed by atoms with Crippen LogP contribution >= 0.6 is 0 Å². The number of piperidine rings is 2. The molecular formula is C21H32N4O2. The third-order valence-corrected chi connectivity index (χ3v) is 6.64. The Hall–Kier alpha value is -1.53. The minimum Gasteiger partial charge on any atom is -0.377 e. The second kappa shape index (κ2) is 8.23. The van der Waals surface area contributed by atoms with Gasteiger partial charge in [-0.05, 0) is 38.6 Å². The molecule has 1 aromatic rings. The highest BCUT2D eigenvalue weighted by Gasteiger charge is 2.43. The van der Waals surface area contributed by atoms with Gasteiger partial charge in [0.1, 0.15) is 6.61 Å². The summed E-state index contributed by atoms with van der Waals surface area (Å²) in [4.78, 5) is 26.1. The highest BCUT2D eigenvalue weighted by atomic mass is 16.5. The van der Waals surface area contributed by atoms with E-state index in [9.17, 15) is 4.79 Å². The zero-order valence-corrected chi connectivity index (χ0v) is 16.5. The summed E-state index contributed by atoms with van der Waals surface area (Å²) in [5, 5.41) is 0. The molecule has 1 amide bonds. The molecule has 4 rings (SSSR count). The van der Waals surface area contributed by atoms with Crippen molar-refractivity contribution in [2.45, 2.75) is 70.6 Å². The molecule has 6 nitrogen and oxygen atoms in total. The zero-order chi connectivity index (χ0) is 18.7. The lowest BCUT2D eigenvalue weighted by molar-refractivity contribution is -0.142. The van der Waals surface area contributed by atoms with Gasteiger partial charge in [0.2, 0.25) is 5.91 Å². The first-order chi connectivity index (χ1) is 13.2. The summed E-state index contributed by atoms with van der Waals surface area (Å²) in [6.45, 7) is 4.53. The van der Waals surface area contributed by atoms with Gasteiger partial charge in [0.25, 0.3) is 0 Å². The smallest absolute Gasteiger partial charge is 0.222 e. The number of carbonyl (C=O) groups is 1. The van der Waals surface area contributed by atoms with E-state index < -0.39 is 0 Å². The molecule has 0 unspecified atom stereocenters. The second-order valence-corrected chi connectivity index (χ2v) is 8.71. The van der Waals surface area contributed by atoms with Gasteiger partial charge in [-0.25, -0.2) is 9.97 Å². The number of hydrogen-bond donors (Lipinski definition) is 0. The van der Waals surface area contributed by atoms with Gasteiger partial charge in [0.05, 0.1) is 0 Å². The standard InChI is InChI=1S/C21H32N4O2/c1-27-14-19-22-11-17(12-23-19)13-24-10-4-8-21(15-24)9-7-20(26)25(16-21)18-5-2-3-6-18/h11-12,18H,2-10,13-16H2,1H3/t21-/m0/s1. The maximum absolute atomic E-state index is 12.6. The molecule has 1 spiro atoms. The quantitative estimate of drug-likeness (QED) is 0.795. The lowest BCUT2D eigenvalue weighted by Gasteiger charge is -2.49. The molecule has 27 heavy (non-hydrogen) atoms. The molecule has 0 radical (unpaired) electrons. The normalized spacial score (nSPS) is 27.6. The molecule has 148 valence electrons. The summed E-state index contributed by atoms with van der Waals surface area (Å²) in [5.41, 5.74) is 1.44. The molecule has 3 heterocycles. The Morgan fingerprint density at radius 2 is 1.93 bits per heavy atom. The number of amides is 1. The SMILES string of the molecule is COCc1ncc(CN2CCC[C@]3(CCC(=O)N(C4CCCC4)C3)C2)cn1. The Bertz CT molecular complexity index is 644. The molecule has 1 saturated carbocycles. The number of hydrogen-bond acceptors (Lipinski definition) is 5. The Morgan fingerprint density at radius 1 is 1.15 bits per heavy atom. The van der Waals surface area contributed by atoms with Gasteiger partial charge < -0.3 is 9.64 Å². The van der Waals surface area contributed by atoms with Gasteiger partial charge in [0, 0.05) is 62.6 Å². The van der Waals surface area contributed by atoms with Crippen molar-refractivity contribution in [1.82, 2.24) is 19.8 Å². The van der Waals surface area contributed by atoms with Gasteiger partial charge in [-0.2, -0.15) is 0 Å². The second-order valence-electron chi connectivity index (χ2n) is 8.71. The third-order valence-electron chi connectivity index (χ3n) is 6.64. The van der Waals surface area contributed by atoms with E-state index in [4.69, 9.17) is 4.74 Å². The van der Waals surface area contributed by atoms with Crippen molar-refractivity contribution in [3.05, 3.63) is 23.8 Å². The monoisotopic (exact) mass is 372 g/mol. The molecule has 1 aromatic heterocycles. The van der Waals surface area contributed by atoms with Crippen molar-refractivity contribution in [1.29, 1.82) is 0 Å². The highest BCUT2D eigenvalue weighted by molar-refractivity contribution is 5.77. The maximum atomic E-state index is 12.6. The van der Waals surface area contributed by atoms with E-state index >= 15 is 0 Å². The number of nitrogens with zero attached hydrogens (tertiary/aromatic N) is 4. The molecule has 0 aromatic carbocycles. The summed E-state index contributed by atoms with van der Waals surface area (Å²) >= 11 is 0. The average molecular weight is 373 g/mol. The fraction of sp³-hybridized carbons (Fsp3) is 0.762. The van der Waals surface area contributed by atoms with Gasteiger partial charge in [-0.15, -0.1) is 0 Å². The van der Waals surface area contributed by atoms with Crippen LogP contribution in [0.15, 0.2) is 12.4 Å². The van der Waals surface area contributed by atoms with E-state index in [1.165, 1.54) is 38.5 Å². The van der Waals surface area contributed by atoms with Crippen LogP contribution in [0, 0.1) is 5.41 Å². The Balaban J connectivity index is 1.40. The summed E-state index contributed by atoms with van der Waals surface area (Å²) in [6, 6.07) is 0.506. The summed E-state index contributed by atoms with van der Waals surface area (Å²) in [7, 11) is 1.66. The van der Waals surface area contributed by atoms with E-state index in [2.05, 4.69) is 19.8 Å². The van der Waals surface area contributed by atoms with E-state index in [0.717, 1.165) is 50.4 Å². The molecule has 3 fully saturated rings. The highest BCUT2D eigenvalue weighted by Crippen LogP contribution is 2.41. The van der Waals surface area contributed by atoms with Crippen LogP contribution in [0.4, 0.5) is 0 Å². The van der Waals surface area contributed by atoms with Gasteiger partial charge >= 0.3 is 0 Å². The number of carbonyl (C=O) groups excluding carboxylic acids is 1. The largest absolute Gasteiger partial charge is 0.377 e. The topological polar surface area (TPSA) is 58.6 Å². The number of methoxy groups -OCH3 is 1.